The Kier molecular flexibility index (Phi) is 4.46. The Morgan fingerprint density at radius 2 is 2.28 bits per heavy atom. The van der Waals surface area contributed by atoms with Crippen LogP contribution < -0.4 is 5.73 Å². The van der Waals surface area contributed by atoms with Gasteiger partial charge in [-0.15, -0.1) is 0 Å². The molecule has 1 unspecified atom stereocenters. The fourth-order valence-electron chi connectivity index (χ4n) is 2.75. The molecular formula is C15H27N3. The van der Waals surface area contributed by atoms with Crippen molar-refractivity contribution in [3.05, 3.63) is 23.5 Å². The molecule has 0 aliphatic heterocycles. The number of nitrogens with zero attached hydrogens (tertiary/aromatic N) is 2. The van der Waals surface area contributed by atoms with Crippen LogP contribution in [0.1, 0.15) is 50.4 Å². The lowest BCUT2D eigenvalue weighted by atomic mass is 9.94. The van der Waals surface area contributed by atoms with Crippen LogP contribution in [0.3, 0.4) is 0 Å². The average Bonchev–Trinajstić information content (AvgIpc) is 2.74. The minimum Gasteiger partial charge on any atom is -0.351 e. The van der Waals surface area contributed by atoms with E-state index >= 15 is 0 Å². The van der Waals surface area contributed by atoms with Crippen LogP contribution in [-0.4, -0.2) is 29.1 Å². The second-order valence-corrected chi connectivity index (χ2v) is 5.84. The maximum atomic E-state index is 6.15. The molecule has 1 aliphatic carbocycles. The van der Waals surface area contributed by atoms with Gasteiger partial charge in [-0.3, -0.25) is 0 Å². The van der Waals surface area contributed by atoms with Crippen LogP contribution in [-0.2, 0) is 13.0 Å². The number of fused-ring (bicyclic) bond motifs is 1. The van der Waals surface area contributed by atoms with E-state index in [0.29, 0.717) is 6.04 Å². The Morgan fingerprint density at radius 1 is 1.50 bits per heavy atom. The highest BCUT2D eigenvalue weighted by Gasteiger charge is 2.19. The monoisotopic (exact) mass is 249 g/mol. The van der Waals surface area contributed by atoms with Gasteiger partial charge < -0.3 is 15.2 Å². The first-order chi connectivity index (χ1) is 8.59. The third kappa shape index (κ3) is 2.96. The highest BCUT2D eigenvalue weighted by atomic mass is 15.1. The Balaban J connectivity index is 1.91. The number of hydrogen-bond acceptors (Lipinski definition) is 2. The number of rotatable bonds is 5. The average molecular weight is 249 g/mol. The normalized spacial score (nSPS) is 19.6. The molecule has 2 N–H and O–H groups in total. The number of aryl methyl sites for hydroxylation is 1. The van der Waals surface area contributed by atoms with E-state index in [0.717, 1.165) is 19.5 Å². The Labute approximate surface area is 111 Å². The molecule has 1 aromatic heterocycles. The number of hydrogen-bond donors (Lipinski definition) is 1. The van der Waals surface area contributed by atoms with Crippen LogP contribution in [0, 0.1) is 0 Å². The van der Waals surface area contributed by atoms with E-state index in [1.165, 1.54) is 30.5 Å². The van der Waals surface area contributed by atoms with Gasteiger partial charge in [-0.25, -0.2) is 0 Å². The summed E-state index contributed by atoms with van der Waals surface area (Å²) in [6.07, 6.45) is 7.03. The SMILES string of the molecule is CC(C)N(C)CCCn1ccc2c1CCCC2N. The molecule has 102 valence electrons. The van der Waals surface area contributed by atoms with E-state index in [4.69, 9.17) is 5.73 Å². The van der Waals surface area contributed by atoms with Crippen LogP contribution in [0.25, 0.3) is 0 Å². The molecule has 18 heavy (non-hydrogen) atoms. The van der Waals surface area contributed by atoms with Crippen molar-refractivity contribution in [1.29, 1.82) is 0 Å². The minimum atomic E-state index is 0.272. The molecule has 3 nitrogen and oxygen atoms in total. The van der Waals surface area contributed by atoms with Crippen molar-refractivity contribution >= 4 is 0 Å². The minimum absolute atomic E-state index is 0.272. The molecular weight excluding hydrogens is 222 g/mol. The summed E-state index contributed by atoms with van der Waals surface area (Å²) in [5.41, 5.74) is 9.03. The molecule has 0 amide bonds. The van der Waals surface area contributed by atoms with Crippen molar-refractivity contribution in [1.82, 2.24) is 9.47 Å². The van der Waals surface area contributed by atoms with Gasteiger partial charge in [0, 0.05) is 30.5 Å². The largest absolute Gasteiger partial charge is 0.351 e. The van der Waals surface area contributed by atoms with Gasteiger partial charge in [0.15, 0.2) is 0 Å². The first-order valence-corrected chi connectivity index (χ1v) is 7.23. The molecule has 1 aromatic rings. The van der Waals surface area contributed by atoms with Gasteiger partial charge in [0.1, 0.15) is 0 Å². The molecule has 1 aliphatic rings. The quantitative estimate of drug-likeness (QED) is 0.870. The molecule has 1 heterocycles. The van der Waals surface area contributed by atoms with Gasteiger partial charge in [0.25, 0.3) is 0 Å². The maximum Gasteiger partial charge on any atom is 0.0312 e. The van der Waals surface area contributed by atoms with E-state index in [2.05, 4.69) is 42.6 Å². The molecule has 0 aromatic carbocycles. The van der Waals surface area contributed by atoms with Crippen LogP contribution in [0.2, 0.25) is 0 Å². The lowest BCUT2D eigenvalue weighted by molar-refractivity contribution is 0.265. The van der Waals surface area contributed by atoms with Crippen molar-refractivity contribution in [2.24, 2.45) is 5.73 Å². The van der Waals surface area contributed by atoms with Crippen molar-refractivity contribution in [2.45, 2.75) is 58.2 Å². The molecule has 3 heteroatoms. The molecule has 0 spiro atoms. The van der Waals surface area contributed by atoms with Crippen LogP contribution in [0.15, 0.2) is 12.3 Å². The third-order valence-electron chi connectivity index (χ3n) is 4.23. The summed E-state index contributed by atoms with van der Waals surface area (Å²) in [6.45, 7) is 6.78. The predicted octanol–water partition coefficient (Wildman–Crippen LogP) is 2.55. The molecule has 1 atom stereocenters. The summed E-state index contributed by atoms with van der Waals surface area (Å²) in [5.74, 6) is 0. The van der Waals surface area contributed by atoms with Crippen molar-refractivity contribution in [3.8, 4) is 0 Å². The molecule has 0 saturated heterocycles. The summed E-state index contributed by atoms with van der Waals surface area (Å²) >= 11 is 0. The fraction of sp³-hybridized carbons (Fsp3) is 0.733. The standard InChI is InChI=1S/C15H27N3/c1-12(2)17(3)9-5-10-18-11-8-13-14(16)6-4-7-15(13)18/h8,11-12,14H,4-7,9-10,16H2,1-3H3. The molecule has 0 fully saturated rings. The zero-order valence-electron chi connectivity index (χ0n) is 12.0. The first-order valence-electron chi connectivity index (χ1n) is 7.23. The first kappa shape index (κ1) is 13.6. The summed E-state index contributed by atoms with van der Waals surface area (Å²) in [7, 11) is 2.20. The molecule has 0 bridgehead atoms. The predicted molar refractivity (Wildman–Crippen MR) is 76.7 cm³/mol. The van der Waals surface area contributed by atoms with Crippen LogP contribution in [0.5, 0.6) is 0 Å². The maximum absolute atomic E-state index is 6.15. The summed E-state index contributed by atoms with van der Waals surface area (Å²) in [6, 6.07) is 3.14. The highest BCUT2D eigenvalue weighted by Crippen LogP contribution is 2.28. The lowest BCUT2D eigenvalue weighted by Crippen LogP contribution is -2.28. The number of aromatic nitrogens is 1. The van der Waals surface area contributed by atoms with Gasteiger partial charge in [-0.1, -0.05) is 0 Å². The second-order valence-electron chi connectivity index (χ2n) is 5.84. The molecule has 0 radical (unpaired) electrons. The summed E-state index contributed by atoms with van der Waals surface area (Å²) in [4.78, 5) is 2.40. The Hall–Kier alpha value is -0.800. The zero-order chi connectivity index (χ0) is 13.1. The molecule has 0 saturated carbocycles. The van der Waals surface area contributed by atoms with Gasteiger partial charge >= 0.3 is 0 Å². The third-order valence-corrected chi connectivity index (χ3v) is 4.23. The topological polar surface area (TPSA) is 34.2 Å². The Bertz CT molecular complexity index is 381. The van der Waals surface area contributed by atoms with Crippen molar-refractivity contribution in [2.75, 3.05) is 13.6 Å². The smallest absolute Gasteiger partial charge is 0.0312 e. The van der Waals surface area contributed by atoms with E-state index in [1.54, 1.807) is 0 Å². The van der Waals surface area contributed by atoms with Gasteiger partial charge in [0.05, 0.1) is 0 Å². The second kappa shape index (κ2) is 5.89. The van der Waals surface area contributed by atoms with E-state index < -0.39 is 0 Å². The van der Waals surface area contributed by atoms with Crippen molar-refractivity contribution < 1.29 is 0 Å². The van der Waals surface area contributed by atoms with Crippen LogP contribution in [0.4, 0.5) is 0 Å². The van der Waals surface area contributed by atoms with E-state index in [-0.39, 0.29) is 6.04 Å². The van der Waals surface area contributed by atoms with Crippen LogP contribution >= 0.6 is 0 Å². The molecule has 2 rings (SSSR count). The summed E-state index contributed by atoms with van der Waals surface area (Å²) in [5, 5.41) is 0. The van der Waals surface area contributed by atoms with Gasteiger partial charge in [-0.05, 0) is 64.8 Å². The van der Waals surface area contributed by atoms with E-state index in [1.807, 2.05) is 0 Å². The fourth-order valence-corrected chi connectivity index (χ4v) is 2.75. The zero-order valence-corrected chi connectivity index (χ0v) is 12.0. The van der Waals surface area contributed by atoms with Crippen molar-refractivity contribution in [3.63, 3.8) is 0 Å². The highest BCUT2D eigenvalue weighted by molar-refractivity contribution is 5.28. The van der Waals surface area contributed by atoms with Gasteiger partial charge in [-0.2, -0.15) is 0 Å². The summed E-state index contributed by atoms with van der Waals surface area (Å²) < 4.78 is 2.42. The Morgan fingerprint density at radius 3 is 3.00 bits per heavy atom. The number of nitrogens with two attached hydrogens (primary N) is 1. The lowest BCUT2D eigenvalue weighted by Gasteiger charge is -2.23. The van der Waals surface area contributed by atoms with E-state index in [9.17, 15) is 0 Å². The van der Waals surface area contributed by atoms with Gasteiger partial charge in [0.2, 0.25) is 0 Å².